The van der Waals surface area contributed by atoms with Gasteiger partial charge in [0.05, 0.1) is 0 Å². The van der Waals surface area contributed by atoms with Crippen LogP contribution in [0.15, 0.2) is 11.6 Å². The summed E-state index contributed by atoms with van der Waals surface area (Å²) in [7, 11) is 0. The molecule has 26 heavy (non-hydrogen) atoms. The average Bonchev–Trinajstić information content (AvgIpc) is 2.89. The Labute approximate surface area is 157 Å². The third-order valence-corrected chi connectivity index (χ3v) is 9.18. The molecule has 0 spiro atoms. The Hall–Kier alpha value is -1.12. The summed E-state index contributed by atoms with van der Waals surface area (Å²) >= 11 is 0. The molecule has 0 radical (unpaired) electrons. The van der Waals surface area contributed by atoms with E-state index in [4.69, 9.17) is 4.74 Å². The number of ketones is 1. The third kappa shape index (κ3) is 2.31. The summed E-state index contributed by atoms with van der Waals surface area (Å²) in [6.45, 7) is 7.76. The number of ether oxygens (including phenoxy) is 1. The average molecular weight is 359 g/mol. The van der Waals surface area contributed by atoms with E-state index in [0.29, 0.717) is 24.1 Å². The van der Waals surface area contributed by atoms with Gasteiger partial charge in [-0.3, -0.25) is 9.59 Å². The zero-order valence-electron chi connectivity index (χ0n) is 16.7. The maximum Gasteiger partial charge on any atom is 0.293 e. The maximum absolute atomic E-state index is 12.0. The van der Waals surface area contributed by atoms with Gasteiger partial charge in [-0.25, -0.2) is 0 Å². The van der Waals surface area contributed by atoms with Crippen molar-refractivity contribution >= 4 is 12.3 Å². The fourth-order valence-corrected chi connectivity index (χ4v) is 7.81. The molecular formula is C23H34O3. The van der Waals surface area contributed by atoms with Gasteiger partial charge in [-0.1, -0.05) is 32.8 Å². The lowest BCUT2D eigenvalue weighted by atomic mass is 9.46. The fraction of sp³-hybridized carbons (Fsp3) is 0.826. The number of carbonyl (C=O) groups is 2. The van der Waals surface area contributed by atoms with Crippen molar-refractivity contribution in [1.29, 1.82) is 0 Å². The lowest BCUT2D eigenvalue weighted by molar-refractivity contribution is -0.172. The number of rotatable bonds is 4. The first-order valence-electron chi connectivity index (χ1n) is 10.8. The molecule has 144 valence electrons. The second-order valence-electron chi connectivity index (χ2n) is 9.92. The lowest BCUT2D eigenvalue weighted by Crippen LogP contribution is -2.55. The zero-order chi connectivity index (χ0) is 18.6. The normalized spacial score (nSPS) is 47.4. The molecule has 0 aromatic rings. The Bertz CT molecular complexity index is 637. The molecule has 3 fully saturated rings. The summed E-state index contributed by atoms with van der Waals surface area (Å²) in [6.07, 6.45) is 12.7. The van der Waals surface area contributed by atoms with Gasteiger partial charge in [-0.15, -0.1) is 0 Å². The van der Waals surface area contributed by atoms with Gasteiger partial charge < -0.3 is 4.74 Å². The van der Waals surface area contributed by atoms with Gasteiger partial charge in [0.2, 0.25) is 0 Å². The van der Waals surface area contributed by atoms with Crippen LogP contribution < -0.4 is 0 Å². The SMILES string of the molecule is CCC[C@]1(OC=O)CC[C@H]2[C@@H]3CCC4=CC(=O)CC[C@]4(C)[C@H]3CC[C@@]21C. The van der Waals surface area contributed by atoms with E-state index < -0.39 is 0 Å². The molecule has 3 saturated carbocycles. The van der Waals surface area contributed by atoms with E-state index in [2.05, 4.69) is 20.8 Å². The monoisotopic (exact) mass is 358 g/mol. The molecule has 4 rings (SSSR count). The van der Waals surface area contributed by atoms with E-state index >= 15 is 0 Å². The molecule has 4 aliphatic rings. The Morgan fingerprint density at radius 2 is 1.88 bits per heavy atom. The molecule has 0 heterocycles. The molecule has 0 amide bonds. The minimum atomic E-state index is -0.251. The number of allylic oxidation sites excluding steroid dienone is 1. The molecule has 4 aliphatic carbocycles. The molecule has 0 aliphatic heterocycles. The molecule has 6 atom stereocenters. The topological polar surface area (TPSA) is 43.4 Å². The van der Waals surface area contributed by atoms with Crippen LogP contribution in [0.2, 0.25) is 0 Å². The minimum Gasteiger partial charge on any atom is -0.461 e. The van der Waals surface area contributed by atoms with Crippen molar-refractivity contribution in [2.45, 2.75) is 90.6 Å². The number of carbonyl (C=O) groups excluding carboxylic acids is 2. The fourth-order valence-electron chi connectivity index (χ4n) is 7.81. The first kappa shape index (κ1) is 18.3. The molecule has 0 aromatic heterocycles. The highest BCUT2D eigenvalue weighted by Gasteiger charge is 2.65. The highest BCUT2D eigenvalue weighted by molar-refractivity contribution is 5.91. The largest absolute Gasteiger partial charge is 0.461 e. The van der Waals surface area contributed by atoms with Gasteiger partial charge in [0.1, 0.15) is 5.60 Å². The van der Waals surface area contributed by atoms with Crippen molar-refractivity contribution in [3.8, 4) is 0 Å². The van der Waals surface area contributed by atoms with Gasteiger partial charge in [0.25, 0.3) is 6.47 Å². The smallest absolute Gasteiger partial charge is 0.293 e. The van der Waals surface area contributed by atoms with Crippen LogP contribution in [-0.4, -0.2) is 17.9 Å². The van der Waals surface area contributed by atoms with Gasteiger partial charge in [0.15, 0.2) is 5.78 Å². The van der Waals surface area contributed by atoms with E-state index in [1.54, 1.807) is 0 Å². The zero-order valence-corrected chi connectivity index (χ0v) is 16.7. The third-order valence-electron chi connectivity index (χ3n) is 9.18. The summed E-state index contributed by atoms with van der Waals surface area (Å²) < 4.78 is 5.89. The quantitative estimate of drug-likeness (QED) is 0.646. The van der Waals surface area contributed by atoms with Crippen LogP contribution in [0.5, 0.6) is 0 Å². The van der Waals surface area contributed by atoms with Crippen LogP contribution in [-0.2, 0) is 14.3 Å². The maximum atomic E-state index is 12.0. The molecular weight excluding hydrogens is 324 g/mol. The van der Waals surface area contributed by atoms with E-state index in [-0.39, 0.29) is 16.4 Å². The van der Waals surface area contributed by atoms with Crippen LogP contribution >= 0.6 is 0 Å². The Morgan fingerprint density at radius 3 is 2.62 bits per heavy atom. The van der Waals surface area contributed by atoms with Gasteiger partial charge in [-0.2, -0.15) is 0 Å². The van der Waals surface area contributed by atoms with Crippen molar-refractivity contribution in [3.05, 3.63) is 11.6 Å². The summed E-state index contributed by atoms with van der Waals surface area (Å²) in [5, 5.41) is 0. The molecule has 0 saturated heterocycles. The summed E-state index contributed by atoms with van der Waals surface area (Å²) in [5.74, 6) is 2.41. The van der Waals surface area contributed by atoms with Gasteiger partial charge in [0, 0.05) is 11.8 Å². The number of fused-ring (bicyclic) bond motifs is 5. The molecule has 0 aromatic carbocycles. The predicted octanol–water partition coefficient (Wildman–Crippen LogP) is 5.23. The minimum absolute atomic E-state index is 0.118. The first-order valence-corrected chi connectivity index (χ1v) is 10.8. The molecule has 3 heteroatoms. The van der Waals surface area contributed by atoms with E-state index in [0.717, 1.165) is 50.9 Å². The summed E-state index contributed by atoms with van der Waals surface area (Å²) in [4.78, 5) is 23.3. The predicted molar refractivity (Wildman–Crippen MR) is 101 cm³/mol. The van der Waals surface area contributed by atoms with Crippen LogP contribution in [0.25, 0.3) is 0 Å². The highest BCUT2D eigenvalue weighted by atomic mass is 16.5. The Kier molecular flexibility index (Phi) is 4.36. The number of hydrogen-bond acceptors (Lipinski definition) is 3. The Morgan fingerprint density at radius 1 is 1.12 bits per heavy atom. The second-order valence-corrected chi connectivity index (χ2v) is 9.92. The second kappa shape index (κ2) is 6.21. The van der Waals surface area contributed by atoms with Crippen LogP contribution in [0.3, 0.4) is 0 Å². The molecule has 0 bridgehead atoms. The van der Waals surface area contributed by atoms with Crippen LogP contribution in [0.1, 0.15) is 85.0 Å². The van der Waals surface area contributed by atoms with E-state index in [1.807, 2.05) is 6.08 Å². The Balaban J connectivity index is 1.67. The van der Waals surface area contributed by atoms with Crippen molar-refractivity contribution in [1.82, 2.24) is 0 Å². The number of hydrogen-bond donors (Lipinski definition) is 0. The van der Waals surface area contributed by atoms with Crippen molar-refractivity contribution in [2.24, 2.45) is 28.6 Å². The highest BCUT2D eigenvalue weighted by Crippen LogP contribution is 2.68. The van der Waals surface area contributed by atoms with Crippen molar-refractivity contribution in [2.75, 3.05) is 0 Å². The summed E-state index contributed by atoms with van der Waals surface area (Å²) in [5.41, 5.74) is 1.52. The first-order chi connectivity index (χ1) is 12.4. The standard InChI is InChI=1S/C23H34O3/c1-4-10-23(26-15-24)13-9-20-18-6-5-16-14-17(25)7-11-21(16,2)19(18)8-12-22(20,23)3/h14-15,18-20H,4-13H2,1-3H3/t18-,19+,20+,21+,22+,23+/m1/s1. The van der Waals surface area contributed by atoms with Crippen molar-refractivity contribution in [3.63, 3.8) is 0 Å². The van der Waals surface area contributed by atoms with Gasteiger partial charge in [-0.05, 0) is 80.6 Å². The van der Waals surface area contributed by atoms with Crippen LogP contribution in [0.4, 0.5) is 0 Å². The van der Waals surface area contributed by atoms with Crippen LogP contribution in [0, 0.1) is 28.6 Å². The molecule has 0 unspecified atom stereocenters. The van der Waals surface area contributed by atoms with Gasteiger partial charge >= 0.3 is 0 Å². The van der Waals surface area contributed by atoms with Crippen molar-refractivity contribution < 1.29 is 14.3 Å². The van der Waals surface area contributed by atoms with E-state index in [9.17, 15) is 9.59 Å². The molecule has 3 nitrogen and oxygen atoms in total. The lowest BCUT2D eigenvalue weighted by Gasteiger charge is -2.59. The summed E-state index contributed by atoms with van der Waals surface area (Å²) in [6, 6.07) is 0. The molecule has 0 N–H and O–H groups in total. The van der Waals surface area contributed by atoms with E-state index in [1.165, 1.54) is 24.8 Å².